The van der Waals surface area contributed by atoms with Gasteiger partial charge >= 0.3 is 5.97 Å². The molecule has 1 aliphatic rings. The van der Waals surface area contributed by atoms with Crippen LogP contribution in [0.1, 0.15) is 16.8 Å². The molecule has 1 aromatic rings. The molecule has 0 saturated carbocycles. The number of benzene rings is 1. The third kappa shape index (κ3) is 3.01. The van der Waals surface area contributed by atoms with Crippen molar-refractivity contribution < 1.29 is 13.9 Å². The standard InChI is InChI=1S/C14H20FN3O2/c1-17-4-3-5-18(7-6-17)13-8-10(14(19)20-2)12(16)9-11(13)15/h8-9H,3-7,16H2,1-2H3. The maximum atomic E-state index is 14.1. The lowest BCUT2D eigenvalue weighted by Crippen LogP contribution is -2.29. The molecule has 0 aliphatic carbocycles. The van der Waals surface area contributed by atoms with Crippen LogP contribution in [0.25, 0.3) is 0 Å². The summed E-state index contributed by atoms with van der Waals surface area (Å²) in [5.41, 5.74) is 6.41. The van der Waals surface area contributed by atoms with Crippen LogP contribution in [0.3, 0.4) is 0 Å². The molecule has 1 aliphatic heterocycles. The SMILES string of the molecule is COC(=O)c1cc(N2CCCN(C)CC2)c(F)cc1N. The third-order valence-electron chi connectivity index (χ3n) is 3.58. The highest BCUT2D eigenvalue weighted by atomic mass is 19.1. The smallest absolute Gasteiger partial charge is 0.340 e. The van der Waals surface area contributed by atoms with Gasteiger partial charge < -0.3 is 20.3 Å². The van der Waals surface area contributed by atoms with Gasteiger partial charge in [0.15, 0.2) is 0 Å². The summed E-state index contributed by atoms with van der Waals surface area (Å²) in [5.74, 6) is -0.949. The number of hydrogen-bond acceptors (Lipinski definition) is 5. The van der Waals surface area contributed by atoms with Crippen molar-refractivity contribution in [2.45, 2.75) is 6.42 Å². The number of halogens is 1. The highest BCUT2D eigenvalue weighted by Crippen LogP contribution is 2.27. The average molecular weight is 281 g/mol. The Morgan fingerprint density at radius 3 is 2.75 bits per heavy atom. The van der Waals surface area contributed by atoms with Crippen molar-refractivity contribution in [1.29, 1.82) is 0 Å². The first-order valence-electron chi connectivity index (χ1n) is 6.63. The van der Waals surface area contributed by atoms with Gasteiger partial charge in [-0.25, -0.2) is 9.18 Å². The van der Waals surface area contributed by atoms with Crippen LogP contribution in [0.2, 0.25) is 0 Å². The fourth-order valence-electron chi connectivity index (χ4n) is 2.39. The minimum atomic E-state index is -0.546. The molecule has 0 amide bonds. The van der Waals surface area contributed by atoms with Gasteiger partial charge in [0.2, 0.25) is 0 Å². The van der Waals surface area contributed by atoms with Gasteiger partial charge in [-0.05, 0) is 32.1 Å². The number of hydrogen-bond donors (Lipinski definition) is 1. The van der Waals surface area contributed by atoms with Gasteiger partial charge in [0, 0.05) is 25.3 Å². The van der Waals surface area contributed by atoms with Gasteiger partial charge in [-0.15, -0.1) is 0 Å². The van der Waals surface area contributed by atoms with E-state index in [1.165, 1.54) is 19.2 Å². The number of carbonyl (C=O) groups is 1. The molecule has 1 heterocycles. The van der Waals surface area contributed by atoms with E-state index in [0.717, 1.165) is 32.6 Å². The van der Waals surface area contributed by atoms with Crippen molar-refractivity contribution in [3.05, 3.63) is 23.5 Å². The van der Waals surface area contributed by atoms with E-state index in [-0.39, 0.29) is 11.3 Å². The zero-order chi connectivity index (χ0) is 14.7. The Morgan fingerprint density at radius 2 is 2.05 bits per heavy atom. The van der Waals surface area contributed by atoms with Crippen LogP contribution in [0, 0.1) is 5.82 Å². The van der Waals surface area contributed by atoms with Crippen molar-refractivity contribution >= 4 is 17.3 Å². The monoisotopic (exact) mass is 281 g/mol. The Morgan fingerprint density at radius 1 is 1.30 bits per heavy atom. The molecule has 6 heteroatoms. The highest BCUT2D eigenvalue weighted by Gasteiger charge is 2.20. The fraction of sp³-hybridized carbons (Fsp3) is 0.500. The number of ether oxygens (including phenoxy) is 1. The Balaban J connectivity index is 2.33. The largest absolute Gasteiger partial charge is 0.465 e. The Kier molecular flexibility index (Phi) is 4.44. The number of carbonyl (C=O) groups excluding carboxylic acids is 1. The summed E-state index contributed by atoms with van der Waals surface area (Å²) in [7, 11) is 3.33. The molecule has 0 radical (unpaired) electrons. The third-order valence-corrected chi connectivity index (χ3v) is 3.58. The van der Waals surface area contributed by atoms with Gasteiger partial charge in [-0.3, -0.25) is 0 Å². The van der Waals surface area contributed by atoms with E-state index >= 15 is 0 Å². The number of rotatable bonds is 2. The summed E-state index contributed by atoms with van der Waals surface area (Å²) < 4.78 is 18.8. The zero-order valence-electron chi connectivity index (χ0n) is 11.9. The number of esters is 1. The molecule has 0 spiro atoms. The van der Waals surface area contributed by atoms with Crippen LogP contribution in [0.15, 0.2) is 12.1 Å². The van der Waals surface area contributed by atoms with E-state index in [1.54, 1.807) is 0 Å². The number of methoxy groups -OCH3 is 1. The summed E-state index contributed by atoms with van der Waals surface area (Å²) >= 11 is 0. The first-order valence-corrected chi connectivity index (χ1v) is 6.63. The van der Waals surface area contributed by atoms with Crippen LogP contribution in [0.4, 0.5) is 15.8 Å². The summed E-state index contributed by atoms with van der Waals surface area (Å²) in [4.78, 5) is 15.8. The van der Waals surface area contributed by atoms with Gasteiger partial charge in [0.05, 0.1) is 18.4 Å². The number of nitrogen functional groups attached to an aromatic ring is 1. The summed E-state index contributed by atoms with van der Waals surface area (Å²) in [5, 5.41) is 0. The predicted molar refractivity (Wildman–Crippen MR) is 76.5 cm³/mol. The molecule has 1 saturated heterocycles. The molecule has 1 aromatic carbocycles. The van der Waals surface area contributed by atoms with Gasteiger partial charge in [-0.2, -0.15) is 0 Å². The molecule has 0 bridgehead atoms. The minimum Gasteiger partial charge on any atom is -0.465 e. The second-order valence-corrected chi connectivity index (χ2v) is 5.03. The van der Waals surface area contributed by atoms with Gasteiger partial charge in [0.1, 0.15) is 5.82 Å². The molecule has 20 heavy (non-hydrogen) atoms. The molecular weight excluding hydrogens is 261 g/mol. The Bertz CT molecular complexity index is 507. The lowest BCUT2D eigenvalue weighted by atomic mass is 10.1. The second kappa shape index (κ2) is 6.09. The summed E-state index contributed by atoms with van der Waals surface area (Å²) in [6.45, 7) is 3.32. The van der Waals surface area contributed by atoms with Crippen LogP contribution < -0.4 is 10.6 Å². The van der Waals surface area contributed by atoms with Crippen molar-refractivity contribution in [1.82, 2.24) is 4.90 Å². The van der Waals surface area contributed by atoms with Crippen LogP contribution in [-0.4, -0.2) is 51.2 Å². The summed E-state index contributed by atoms with van der Waals surface area (Å²) in [6.07, 6.45) is 0.952. The average Bonchev–Trinajstić information content (AvgIpc) is 2.63. The molecule has 0 aromatic heterocycles. The molecule has 2 N–H and O–H groups in total. The van der Waals surface area contributed by atoms with E-state index in [9.17, 15) is 9.18 Å². The maximum Gasteiger partial charge on any atom is 0.340 e. The molecule has 110 valence electrons. The Labute approximate surface area is 118 Å². The van der Waals surface area contributed by atoms with E-state index in [1.807, 2.05) is 11.9 Å². The molecule has 0 atom stereocenters. The van der Waals surface area contributed by atoms with E-state index in [4.69, 9.17) is 5.73 Å². The van der Waals surface area contributed by atoms with Gasteiger partial charge in [0.25, 0.3) is 0 Å². The van der Waals surface area contributed by atoms with Gasteiger partial charge in [-0.1, -0.05) is 0 Å². The summed E-state index contributed by atoms with van der Waals surface area (Å²) in [6, 6.07) is 2.68. The first-order chi connectivity index (χ1) is 9.52. The minimum absolute atomic E-state index is 0.102. The number of anilines is 2. The van der Waals surface area contributed by atoms with Crippen molar-refractivity contribution in [2.24, 2.45) is 0 Å². The first kappa shape index (κ1) is 14.6. The van der Waals surface area contributed by atoms with Crippen molar-refractivity contribution in [2.75, 3.05) is 51.0 Å². The molecule has 5 nitrogen and oxygen atoms in total. The lowest BCUT2D eigenvalue weighted by Gasteiger charge is -2.24. The van der Waals surface area contributed by atoms with Crippen molar-refractivity contribution in [3.8, 4) is 0 Å². The second-order valence-electron chi connectivity index (χ2n) is 5.03. The predicted octanol–water partition coefficient (Wildman–Crippen LogP) is 1.34. The van der Waals surface area contributed by atoms with Crippen LogP contribution in [-0.2, 0) is 4.74 Å². The molecule has 1 fully saturated rings. The molecular formula is C14H20FN3O2. The van der Waals surface area contributed by atoms with Crippen molar-refractivity contribution in [3.63, 3.8) is 0 Å². The molecule has 2 rings (SSSR count). The lowest BCUT2D eigenvalue weighted by molar-refractivity contribution is 0.0602. The topological polar surface area (TPSA) is 58.8 Å². The highest BCUT2D eigenvalue weighted by molar-refractivity contribution is 5.96. The number of likely N-dealkylation sites (N-methyl/N-ethyl adjacent to an activating group) is 1. The van der Waals surface area contributed by atoms with E-state index < -0.39 is 11.8 Å². The maximum absolute atomic E-state index is 14.1. The van der Waals surface area contributed by atoms with Crippen LogP contribution >= 0.6 is 0 Å². The van der Waals surface area contributed by atoms with Crippen LogP contribution in [0.5, 0.6) is 0 Å². The Hall–Kier alpha value is -1.82. The number of nitrogens with two attached hydrogens (primary N) is 1. The quantitative estimate of drug-likeness (QED) is 0.655. The fourth-order valence-corrected chi connectivity index (χ4v) is 2.39. The number of nitrogens with zero attached hydrogens (tertiary/aromatic N) is 2. The van der Waals surface area contributed by atoms with E-state index in [2.05, 4.69) is 9.64 Å². The normalized spacial score (nSPS) is 16.9. The molecule has 0 unspecified atom stereocenters. The zero-order valence-corrected chi connectivity index (χ0v) is 11.9. The van der Waals surface area contributed by atoms with E-state index in [0.29, 0.717) is 5.69 Å².